The lowest BCUT2D eigenvalue weighted by Gasteiger charge is -2.03. The molecule has 24 heavy (non-hydrogen) atoms. The van der Waals surface area contributed by atoms with Crippen LogP contribution >= 0.6 is 0 Å². The fraction of sp³-hybridized carbons (Fsp3) is 0.917. The number of hydrogen-bond donors (Lipinski definition) is 0. The zero-order chi connectivity index (χ0) is 17.7. The van der Waals surface area contributed by atoms with Gasteiger partial charge in [-0.05, 0) is 32.6 Å². The Morgan fingerprint density at radius 3 is 1.33 bits per heavy atom. The molecule has 0 aliphatic rings. The Bertz CT molecular complexity index is 251. The van der Waals surface area contributed by atoms with Gasteiger partial charge >= 0.3 is 0 Å². The van der Waals surface area contributed by atoms with Gasteiger partial charge in [0.2, 0.25) is 0 Å². The normalized spacial score (nSPS) is 12.0. The maximum Gasteiger partial charge on any atom is -0.0323 e. The minimum Gasteiger partial charge on any atom is -0.0856 e. The molecule has 144 valence electrons. The van der Waals surface area contributed by atoms with Crippen LogP contribution < -0.4 is 0 Å². The Morgan fingerprint density at radius 1 is 0.500 bits per heavy atom. The first-order valence-electron chi connectivity index (χ1n) is 11.5. The summed E-state index contributed by atoms with van der Waals surface area (Å²) >= 11 is 0. The molecule has 0 N–H and O–H groups in total. The number of rotatable bonds is 19. The molecule has 0 aliphatic carbocycles. The van der Waals surface area contributed by atoms with Crippen LogP contribution in [0.1, 0.15) is 143 Å². The van der Waals surface area contributed by atoms with Crippen molar-refractivity contribution in [3.8, 4) is 0 Å². The SMILES string of the molecule is CCCCCCCCCCCCCCC=C(C)CCCCCCC. The van der Waals surface area contributed by atoms with Crippen LogP contribution in [0, 0.1) is 0 Å². The second kappa shape index (κ2) is 20.8. The molecule has 0 spiro atoms. The summed E-state index contributed by atoms with van der Waals surface area (Å²) in [6.07, 6.45) is 29.6. The molecule has 0 amide bonds. The van der Waals surface area contributed by atoms with Crippen molar-refractivity contribution >= 4 is 0 Å². The van der Waals surface area contributed by atoms with Crippen LogP contribution in [0.25, 0.3) is 0 Å². The Balaban J connectivity index is 3.19. The van der Waals surface area contributed by atoms with Crippen LogP contribution in [0.2, 0.25) is 0 Å². The van der Waals surface area contributed by atoms with E-state index in [1.165, 1.54) is 122 Å². The quantitative estimate of drug-likeness (QED) is 0.163. The van der Waals surface area contributed by atoms with Gasteiger partial charge in [0.25, 0.3) is 0 Å². The summed E-state index contributed by atoms with van der Waals surface area (Å²) in [5, 5.41) is 0. The van der Waals surface area contributed by atoms with Gasteiger partial charge in [-0.15, -0.1) is 0 Å². The average molecular weight is 337 g/mol. The molecule has 0 heteroatoms. The van der Waals surface area contributed by atoms with Crippen molar-refractivity contribution in [2.45, 2.75) is 143 Å². The van der Waals surface area contributed by atoms with E-state index in [0.29, 0.717) is 0 Å². The molecule has 0 rings (SSSR count). The van der Waals surface area contributed by atoms with Crippen LogP contribution in [0.4, 0.5) is 0 Å². The highest BCUT2D eigenvalue weighted by Crippen LogP contribution is 2.14. The first-order chi connectivity index (χ1) is 11.8. The Labute approximate surface area is 154 Å². The van der Waals surface area contributed by atoms with E-state index >= 15 is 0 Å². The molecule has 0 atom stereocenters. The summed E-state index contributed by atoms with van der Waals surface area (Å²) in [7, 11) is 0. The highest BCUT2D eigenvalue weighted by molar-refractivity contribution is 4.97. The van der Waals surface area contributed by atoms with Crippen molar-refractivity contribution in [1.82, 2.24) is 0 Å². The zero-order valence-electron chi connectivity index (χ0n) is 17.5. The fourth-order valence-corrected chi connectivity index (χ4v) is 3.44. The van der Waals surface area contributed by atoms with Crippen molar-refractivity contribution in [1.29, 1.82) is 0 Å². The van der Waals surface area contributed by atoms with E-state index in [0.717, 1.165) is 0 Å². The van der Waals surface area contributed by atoms with E-state index in [-0.39, 0.29) is 0 Å². The zero-order valence-corrected chi connectivity index (χ0v) is 17.5. The summed E-state index contributed by atoms with van der Waals surface area (Å²) in [4.78, 5) is 0. The fourth-order valence-electron chi connectivity index (χ4n) is 3.44. The Morgan fingerprint density at radius 2 is 0.875 bits per heavy atom. The van der Waals surface area contributed by atoms with Gasteiger partial charge in [-0.1, -0.05) is 122 Å². The molecule has 0 aromatic carbocycles. The van der Waals surface area contributed by atoms with Crippen molar-refractivity contribution in [2.75, 3.05) is 0 Å². The average Bonchev–Trinajstić information content (AvgIpc) is 2.59. The largest absolute Gasteiger partial charge is 0.0856 e. The minimum absolute atomic E-state index is 1.32. The molecule has 0 fully saturated rings. The van der Waals surface area contributed by atoms with Crippen molar-refractivity contribution in [3.63, 3.8) is 0 Å². The molecule has 0 unspecified atom stereocenters. The van der Waals surface area contributed by atoms with Crippen LogP contribution in [0.5, 0.6) is 0 Å². The molecule has 0 saturated heterocycles. The molecule has 0 aliphatic heterocycles. The van der Waals surface area contributed by atoms with Crippen LogP contribution in [0.15, 0.2) is 11.6 Å². The van der Waals surface area contributed by atoms with Gasteiger partial charge in [-0.2, -0.15) is 0 Å². The minimum atomic E-state index is 1.32. The second-order valence-corrected chi connectivity index (χ2v) is 7.89. The van der Waals surface area contributed by atoms with E-state index in [1.807, 2.05) is 0 Å². The van der Waals surface area contributed by atoms with Crippen molar-refractivity contribution in [2.24, 2.45) is 0 Å². The molecule has 0 heterocycles. The Kier molecular flexibility index (Phi) is 20.6. The summed E-state index contributed by atoms with van der Waals surface area (Å²) in [6.45, 7) is 6.92. The summed E-state index contributed by atoms with van der Waals surface area (Å²) in [5.41, 5.74) is 1.63. The second-order valence-electron chi connectivity index (χ2n) is 7.89. The lowest BCUT2D eigenvalue weighted by molar-refractivity contribution is 0.544. The van der Waals surface area contributed by atoms with Crippen LogP contribution in [-0.4, -0.2) is 0 Å². The summed E-state index contributed by atoms with van der Waals surface area (Å²) in [5.74, 6) is 0. The highest BCUT2D eigenvalue weighted by Gasteiger charge is 1.94. The molecular formula is C24H48. The molecular weight excluding hydrogens is 288 g/mol. The van der Waals surface area contributed by atoms with E-state index in [9.17, 15) is 0 Å². The summed E-state index contributed by atoms with van der Waals surface area (Å²) in [6, 6.07) is 0. The number of allylic oxidation sites excluding steroid dienone is 2. The van der Waals surface area contributed by atoms with E-state index in [2.05, 4.69) is 26.8 Å². The van der Waals surface area contributed by atoms with Gasteiger partial charge in [-0.25, -0.2) is 0 Å². The van der Waals surface area contributed by atoms with E-state index in [4.69, 9.17) is 0 Å². The van der Waals surface area contributed by atoms with Gasteiger partial charge in [0.15, 0.2) is 0 Å². The standard InChI is InChI=1S/C24H48/c1-4-6-8-10-11-12-13-14-15-16-17-19-21-23-24(3)22-20-18-9-7-5-2/h23H,4-22H2,1-3H3. The molecule has 0 nitrogen and oxygen atoms in total. The number of hydrogen-bond acceptors (Lipinski definition) is 0. The summed E-state index contributed by atoms with van der Waals surface area (Å²) < 4.78 is 0. The lowest BCUT2D eigenvalue weighted by Crippen LogP contribution is -1.83. The highest BCUT2D eigenvalue weighted by atomic mass is 14.0. The predicted molar refractivity (Wildman–Crippen MR) is 113 cm³/mol. The molecule has 0 bridgehead atoms. The lowest BCUT2D eigenvalue weighted by atomic mass is 10.0. The number of unbranched alkanes of at least 4 members (excludes halogenated alkanes) is 16. The van der Waals surface area contributed by atoms with Crippen molar-refractivity contribution in [3.05, 3.63) is 11.6 Å². The molecule has 0 saturated carbocycles. The molecule has 0 aromatic heterocycles. The third kappa shape index (κ3) is 19.8. The van der Waals surface area contributed by atoms with Gasteiger partial charge in [0.1, 0.15) is 0 Å². The first-order valence-corrected chi connectivity index (χ1v) is 11.5. The van der Waals surface area contributed by atoms with E-state index in [1.54, 1.807) is 5.57 Å². The monoisotopic (exact) mass is 336 g/mol. The van der Waals surface area contributed by atoms with E-state index < -0.39 is 0 Å². The van der Waals surface area contributed by atoms with Crippen LogP contribution in [0.3, 0.4) is 0 Å². The topological polar surface area (TPSA) is 0 Å². The van der Waals surface area contributed by atoms with Crippen molar-refractivity contribution < 1.29 is 0 Å². The van der Waals surface area contributed by atoms with Gasteiger partial charge in [-0.3, -0.25) is 0 Å². The molecule has 0 radical (unpaired) electrons. The Hall–Kier alpha value is -0.260. The molecule has 0 aromatic rings. The van der Waals surface area contributed by atoms with Gasteiger partial charge < -0.3 is 0 Å². The predicted octanol–water partition coefficient (Wildman–Crippen LogP) is 9.38. The van der Waals surface area contributed by atoms with Gasteiger partial charge in [0.05, 0.1) is 0 Å². The third-order valence-electron chi connectivity index (χ3n) is 5.23. The maximum atomic E-state index is 2.51. The maximum absolute atomic E-state index is 2.51. The first kappa shape index (κ1) is 23.7. The van der Waals surface area contributed by atoms with Gasteiger partial charge in [0, 0.05) is 0 Å². The third-order valence-corrected chi connectivity index (χ3v) is 5.23. The smallest absolute Gasteiger partial charge is 0.0323 e. The van der Waals surface area contributed by atoms with Crippen LogP contribution in [-0.2, 0) is 0 Å².